The molecule has 260 valence electrons. The Bertz CT molecular complexity index is 1660. The minimum atomic E-state index is -3.89. The predicted octanol–water partition coefficient (Wildman–Crippen LogP) is 3.45. The number of carboxylic acids is 1. The molecule has 13 nitrogen and oxygen atoms in total. The summed E-state index contributed by atoms with van der Waals surface area (Å²) in [6, 6.07) is 21.8. The number of carbonyl (C=O) groups excluding carboxylic acids is 4. The van der Waals surface area contributed by atoms with Gasteiger partial charge in [-0.3, -0.25) is 28.5 Å². The molecule has 1 heterocycles. The van der Waals surface area contributed by atoms with Crippen LogP contribution in [-0.4, -0.2) is 70.3 Å². The number of anilines is 1. The van der Waals surface area contributed by atoms with E-state index in [2.05, 4.69) is 21.3 Å². The van der Waals surface area contributed by atoms with Gasteiger partial charge in [0.25, 0.3) is 7.52 Å². The fourth-order valence-corrected chi connectivity index (χ4v) is 7.70. The summed E-state index contributed by atoms with van der Waals surface area (Å²) in [5.74, 6) is -2.94. The standard InChI is InChI=1S/C35H42N5O8P/c1-24(37-25(2)41)33(44)36-23-49(47,48-22-28-12-7-4-8-13-28)40-19-9-14-31(40)35(46)39-30(20-26-10-5-3-6-11-26)34(45)38-29-17-15-27(16-18-29)21-32(42)43/h3-8,10-13,15-18,24,30-31H,9,14,19-23H2,1-2H3,(H,36,44)(H,37,41)(H,38,45)(H,39,46)(H,42,43)/t24-,30-,31-,49?/m0/s1. The maximum absolute atomic E-state index is 14.6. The minimum Gasteiger partial charge on any atom is -0.481 e. The van der Waals surface area contributed by atoms with E-state index in [0.717, 1.165) is 11.1 Å². The summed E-state index contributed by atoms with van der Waals surface area (Å²) in [6.07, 6.45) is 0.464. The Labute approximate surface area is 285 Å². The van der Waals surface area contributed by atoms with Gasteiger partial charge in [0, 0.05) is 25.6 Å². The molecule has 0 bridgehead atoms. The Morgan fingerprint density at radius 3 is 2.12 bits per heavy atom. The van der Waals surface area contributed by atoms with Crippen molar-refractivity contribution >= 4 is 42.8 Å². The van der Waals surface area contributed by atoms with Crippen LogP contribution in [0.15, 0.2) is 84.9 Å². The second-order valence-corrected chi connectivity index (χ2v) is 14.2. The molecule has 0 radical (unpaired) electrons. The van der Waals surface area contributed by atoms with Crippen LogP contribution in [0.3, 0.4) is 0 Å². The van der Waals surface area contributed by atoms with Crippen molar-refractivity contribution in [3.8, 4) is 0 Å². The lowest BCUT2D eigenvalue weighted by atomic mass is 10.0. The molecule has 1 unspecified atom stereocenters. The van der Waals surface area contributed by atoms with Crippen LogP contribution in [0.2, 0.25) is 0 Å². The quantitative estimate of drug-likeness (QED) is 0.141. The summed E-state index contributed by atoms with van der Waals surface area (Å²) in [6.45, 7) is 3.00. The van der Waals surface area contributed by atoms with Gasteiger partial charge >= 0.3 is 5.97 Å². The van der Waals surface area contributed by atoms with Crippen LogP contribution in [0.25, 0.3) is 0 Å². The average molecular weight is 692 g/mol. The fraction of sp³-hybridized carbons (Fsp3) is 0.343. The molecule has 0 aromatic heterocycles. The van der Waals surface area contributed by atoms with E-state index in [-0.39, 0.29) is 26.0 Å². The zero-order chi connectivity index (χ0) is 35.4. The summed E-state index contributed by atoms with van der Waals surface area (Å²) in [5, 5.41) is 19.8. The first-order valence-electron chi connectivity index (χ1n) is 16.0. The Kier molecular flexibility index (Phi) is 13.2. The third kappa shape index (κ3) is 11.1. The van der Waals surface area contributed by atoms with Gasteiger partial charge in [-0.05, 0) is 48.6 Å². The van der Waals surface area contributed by atoms with Crippen molar-refractivity contribution < 1.29 is 38.2 Å². The number of nitrogens with one attached hydrogen (secondary N) is 4. The largest absolute Gasteiger partial charge is 0.481 e. The fourth-order valence-electron chi connectivity index (χ4n) is 5.48. The lowest BCUT2D eigenvalue weighted by Crippen LogP contribution is -2.51. The first-order valence-corrected chi connectivity index (χ1v) is 17.7. The summed E-state index contributed by atoms with van der Waals surface area (Å²) < 4.78 is 22.1. The SMILES string of the molecule is CC(=O)N[C@@H](C)C(=O)NCP(=O)(OCc1ccccc1)N1CCC[C@H]1C(=O)N[C@@H](Cc1ccccc1)C(=O)Nc1ccc(CC(=O)O)cc1. The number of hydrogen-bond acceptors (Lipinski definition) is 7. The first-order chi connectivity index (χ1) is 23.4. The molecule has 0 saturated carbocycles. The van der Waals surface area contributed by atoms with E-state index >= 15 is 0 Å². The second kappa shape index (κ2) is 17.5. The molecule has 0 aliphatic carbocycles. The zero-order valence-electron chi connectivity index (χ0n) is 27.5. The van der Waals surface area contributed by atoms with Gasteiger partial charge in [-0.2, -0.15) is 0 Å². The van der Waals surface area contributed by atoms with Gasteiger partial charge in [-0.1, -0.05) is 72.8 Å². The number of amides is 4. The van der Waals surface area contributed by atoms with Crippen LogP contribution in [0.1, 0.15) is 43.4 Å². The summed E-state index contributed by atoms with van der Waals surface area (Å²) in [4.78, 5) is 62.8. The third-order valence-corrected chi connectivity index (χ3v) is 10.3. The predicted molar refractivity (Wildman–Crippen MR) is 183 cm³/mol. The summed E-state index contributed by atoms with van der Waals surface area (Å²) in [7, 11) is -3.89. The molecule has 1 saturated heterocycles. The Morgan fingerprint density at radius 2 is 1.51 bits per heavy atom. The molecular formula is C35H42N5O8P. The van der Waals surface area contributed by atoms with Crippen molar-refractivity contribution in [1.82, 2.24) is 20.6 Å². The van der Waals surface area contributed by atoms with E-state index < -0.39 is 61.5 Å². The molecule has 0 spiro atoms. The van der Waals surface area contributed by atoms with Gasteiger partial charge < -0.3 is 30.9 Å². The molecule has 3 aromatic rings. The zero-order valence-corrected chi connectivity index (χ0v) is 28.4. The number of benzene rings is 3. The van der Waals surface area contributed by atoms with E-state index in [1.807, 2.05) is 60.7 Å². The van der Waals surface area contributed by atoms with E-state index in [1.54, 1.807) is 24.3 Å². The maximum atomic E-state index is 14.6. The second-order valence-electron chi connectivity index (χ2n) is 11.8. The van der Waals surface area contributed by atoms with Crippen LogP contribution >= 0.6 is 7.52 Å². The molecule has 1 aliphatic rings. The summed E-state index contributed by atoms with van der Waals surface area (Å²) >= 11 is 0. The minimum absolute atomic E-state index is 0.0373. The normalized spacial score (nSPS) is 16.8. The molecular weight excluding hydrogens is 649 g/mol. The maximum Gasteiger partial charge on any atom is 0.307 e. The van der Waals surface area contributed by atoms with Crippen LogP contribution in [0.4, 0.5) is 5.69 Å². The number of nitrogens with zero attached hydrogens (tertiary/aromatic N) is 1. The third-order valence-electron chi connectivity index (χ3n) is 7.95. The van der Waals surface area contributed by atoms with E-state index in [4.69, 9.17) is 9.63 Å². The van der Waals surface area contributed by atoms with Gasteiger partial charge in [0.1, 0.15) is 18.4 Å². The van der Waals surface area contributed by atoms with Gasteiger partial charge in [-0.25, -0.2) is 4.67 Å². The lowest BCUT2D eigenvalue weighted by molar-refractivity contribution is -0.136. The van der Waals surface area contributed by atoms with Crippen LogP contribution in [0.5, 0.6) is 0 Å². The van der Waals surface area contributed by atoms with Crippen molar-refractivity contribution in [2.45, 2.75) is 64.3 Å². The Hall–Kier alpha value is -4.84. The molecule has 49 heavy (non-hydrogen) atoms. The highest BCUT2D eigenvalue weighted by Crippen LogP contribution is 2.54. The van der Waals surface area contributed by atoms with E-state index in [1.165, 1.54) is 18.5 Å². The highest BCUT2D eigenvalue weighted by atomic mass is 31.2. The van der Waals surface area contributed by atoms with Gasteiger partial charge in [0.2, 0.25) is 23.6 Å². The van der Waals surface area contributed by atoms with Crippen molar-refractivity contribution in [1.29, 1.82) is 0 Å². The van der Waals surface area contributed by atoms with Crippen molar-refractivity contribution in [2.24, 2.45) is 0 Å². The molecule has 1 fully saturated rings. The number of hydrogen-bond donors (Lipinski definition) is 5. The van der Waals surface area contributed by atoms with Crippen LogP contribution < -0.4 is 21.3 Å². The molecule has 4 rings (SSSR count). The van der Waals surface area contributed by atoms with Crippen molar-refractivity contribution in [2.75, 3.05) is 18.1 Å². The molecule has 3 aromatic carbocycles. The number of rotatable bonds is 16. The summed E-state index contributed by atoms with van der Waals surface area (Å²) in [5.41, 5.74) is 2.55. The molecule has 14 heteroatoms. The molecule has 4 amide bonds. The average Bonchev–Trinajstić information content (AvgIpc) is 3.59. The van der Waals surface area contributed by atoms with Crippen molar-refractivity contribution in [3.63, 3.8) is 0 Å². The highest BCUT2D eigenvalue weighted by Gasteiger charge is 2.44. The van der Waals surface area contributed by atoms with Gasteiger partial charge in [-0.15, -0.1) is 0 Å². The molecule has 1 aliphatic heterocycles. The number of aliphatic carboxylic acids is 1. The van der Waals surface area contributed by atoms with Crippen LogP contribution in [-0.2, 0) is 52.5 Å². The Morgan fingerprint density at radius 1 is 0.878 bits per heavy atom. The number of carboxylic acid groups (broad SMARTS) is 1. The first kappa shape index (κ1) is 37.0. The van der Waals surface area contributed by atoms with Gasteiger partial charge in [0.05, 0.1) is 19.1 Å². The molecule has 4 atom stereocenters. The topological polar surface area (TPSA) is 183 Å². The molecule has 5 N–H and O–H groups in total. The monoisotopic (exact) mass is 691 g/mol. The van der Waals surface area contributed by atoms with Crippen molar-refractivity contribution in [3.05, 3.63) is 102 Å². The van der Waals surface area contributed by atoms with E-state index in [9.17, 15) is 28.5 Å². The van der Waals surface area contributed by atoms with Gasteiger partial charge in [0.15, 0.2) is 0 Å². The smallest absolute Gasteiger partial charge is 0.307 e. The lowest BCUT2D eigenvalue weighted by Gasteiger charge is -2.33. The Balaban J connectivity index is 1.53. The number of carbonyl (C=O) groups is 5. The highest BCUT2D eigenvalue weighted by molar-refractivity contribution is 7.56. The van der Waals surface area contributed by atoms with E-state index in [0.29, 0.717) is 24.1 Å². The van der Waals surface area contributed by atoms with Crippen LogP contribution in [0, 0.1) is 0 Å².